The molecule has 0 unspecified atom stereocenters. The topological polar surface area (TPSA) is 74.3 Å². The van der Waals surface area contributed by atoms with Gasteiger partial charge < -0.3 is 10.2 Å². The highest BCUT2D eigenvalue weighted by Gasteiger charge is 2.25. The minimum atomic E-state index is -3.15. The summed E-state index contributed by atoms with van der Waals surface area (Å²) in [6.45, 7) is 4.15. The zero-order chi connectivity index (χ0) is 18.0. The fraction of sp³-hybridized carbons (Fsp3) is 0.471. The summed E-state index contributed by atoms with van der Waals surface area (Å²) in [6.07, 6.45) is 6.64. The van der Waals surface area contributed by atoms with Crippen LogP contribution in [-0.2, 0) is 10.0 Å². The molecule has 1 saturated heterocycles. The molecule has 25 heavy (non-hydrogen) atoms. The fourth-order valence-electron chi connectivity index (χ4n) is 3.11. The number of hydrogen-bond acceptors (Lipinski definition) is 5. The Hall–Kier alpha value is -1.57. The van der Waals surface area contributed by atoms with Crippen LogP contribution >= 0.6 is 11.6 Å². The van der Waals surface area contributed by atoms with E-state index < -0.39 is 10.0 Å². The number of hydrogen-bond donors (Lipinski definition) is 2. The Morgan fingerprint density at radius 1 is 1.32 bits per heavy atom. The number of pyridine rings is 1. The van der Waals surface area contributed by atoms with Crippen LogP contribution in [-0.4, -0.2) is 50.2 Å². The predicted octanol–water partition coefficient (Wildman–Crippen LogP) is 1.80. The van der Waals surface area contributed by atoms with Crippen LogP contribution in [0.25, 0.3) is 5.57 Å². The highest BCUT2D eigenvalue weighted by Crippen LogP contribution is 2.27. The van der Waals surface area contributed by atoms with E-state index in [0.29, 0.717) is 6.54 Å². The van der Waals surface area contributed by atoms with Gasteiger partial charge in [0.05, 0.1) is 18.5 Å². The molecule has 8 heteroatoms. The summed E-state index contributed by atoms with van der Waals surface area (Å²) in [5.74, 6) is 1.01. The highest BCUT2D eigenvalue weighted by atomic mass is 35.5. The summed E-state index contributed by atoms with van der Waals surface area (Å²) in [5, 5.41) is 4.09. The number of likely N-dealkylation sites (tertiary alicyclic amines) is 1. The normalized spacial score (nSPS) is 19.6. The number of sulfonamides is 1. The minimum Gasteiger partial charge on any atom is -0.367 e. The first-order chi connectivity index (χ1) is 11.8. The Morgan fingerprint density at radius 2 is 2.04 bits per heavy atom. The van der Waals surface area contributed by atoms with Crippen molar-refractivity contribution >= 4 is 27.2 Å². The van der Waals surface area contributed by atoms with Gasteiger partial charge in [-0.25, -0.2) is 13.1 Å². The molecule has 0 saturated carbocycles. The number of nitrogens with one attached hydrogen (secondary N) is 2. The molecule has 0 aliphatic carbocycles. The van der Waals surface area contributed by atoms with Gasteiger partial charge >= 0.3 is 0 Å². The van der Waals surface area contributed by atoms with Gasteiger partial charge in [0.1, 0.15) is 5.82 Å². The van der Waals surface area contributed by atoms with E-state index in [1.807, 2.05) is 31.3 Å². The van der Waals surface area contributed by atoms with Crippen molar-refractivity contribution < 1.29 is 8.42 Å². The van der Waals surface area contributed by atoms with Crippen molar-refractivity contribution in [3.05, 3.63) is 46.5 Å². The van der Waals surface area contributed by atoms with Gasteiger partial charge in [0.25, 0.3) is 0 Å². The lowest BCUT2D eigenvalue weighted by molar-refractivity contribution is 0.242. The molecule has 136 valence electrons. The van der Waals surface area contributed by atoms with Crippen LogP contribution in [0.3, 0.4) is 0 Å². The van der Waals surface area contributed by atoms with Gasteiger partial charge in [0, 0.05) is 35.9 Å². The molecule has 6 nitrogen and oxygen atoms in total. The summed E-state index contributed by atoms with van der Waals surface area (Å²) in [4.78, 5) is 6.71. The van der Waals surface area contributed by atoms with Crippen LogP contribution in [0.5, 0.6) is 0 Å². The molecule has 0 aromatic carbocycles. The van der Waals surface area contributed by atoms with Gasteiger partial charge in [-0.1, -0.05) is 17.7 Å². The Morgan fingerprint density at radius 3 is 2.64 bits per heavy atom. The van der Waals surface area contributed by atoms with Crippen molar-refractivity contribution in [2.75, 3.05) is 25.9 Å². The monoisotopic (exact) mass is 382 g/mol. The average molecular weight is 383 g/mol. The van der Waals surface area contributed by atoms with Crippen LogP contribution in [0.4, 0.5) is 0 Å². The summed E-state index contributed by atoms with van der Waals surface area (Å²) < 4.78 is 25.4. The van der Waals surface area contributed by atoms with Gasteiger partial charge in [-0.05, 0) is 37.5 Å². The lowest BCUT2D eigenvalue weighted by atomic mass is 10.0. The standard InChI is InChI=1S/C17H23ClN4O2S/c1-12-3-4-16(19-10-12)14-9-17(20-11-15(14)18)22-7-5-13(6-8-22)21-25(2,23)24/h3-4,9-10,13,20-21H,5-8,11H2,1-2H3. The maximum Gasteiger partial charge on any atom is 0.208 e. The van der Waals surface area contributed by atoms with Crippen LogP contribution in [0.2, 0.25) is 0 Å². The SMILES string of the molecule is Cc1ccc(C2=C(Cl)CNC(N3CCC(NS(C)(=O)=O)CC3)=C2)nc1. The number of nitrogens with zero attached hydrogens (tertiary/aromatic N) is 2. The molecule has 2 N–H and O–H groups in total. The molecule has 0 radical (unpaired) electrons. The maximum absolute atomic E-state index is 11.4. The quantitative estimate of drug-likeness (QED) is 0.830. The average Bonchev–Trinajstić information content (AvgIpc) is 2.56. The van der Waals surface area contributed by atoms with E-state index in [2.05, 4.69) is 19.9 Å². The van der Waals surface area contributed by atoms with Gasteiger partial charge in [-0.15, -0.1) is 0 Å². The molecule has 1 fully saturated rings. The van der Waals surface area contributed by atoms with Gasteiger partial charge in [-0.2, -0.15) is 0 Å². The molecular weight excluding hydrogens is 360 g/mol. The molecule has 0 amide bonds. The van der Waals surface area contributed by atoms with E-state index in [-0.39, 0.29) is 6.04 Å². The molecule has 3 rings (SSSR count). The first-order valence-electron chi connectivity index (χ1n) is 8.31. The largest absolute Gasteiger partial charge is 0.367 e. The third kappa shape index (κ3) is 4.74. The van der Waals surface area contributed by atoms with Crippen LogP contribution in [0, 0.1) is 6.92 Å². The van der Waals surface area contributed by atoms with Crippen LogP contribution in [0.1, 0.15) is 24.1 Å². The lowest BCUT2D eigenvalue weighted by Crippen LogP contribution is -2.46. The number of rotatable bonds is 4. The van der Waals surface area contributed by atoms with E-state index in [0.717, 1.165) is 53.6 Å². The first-order valence-corrected chi connectivity index (χ1v) is 10.6. The van der Waals surface area contributed by atoms with E-state index in [1.165, 1.54) is 6.26 Å². The molecular formula is C17H23ClN4O2S. The van der Waals surface area contributed by atoms with Crippen molar-refractivity contribution in [3.8, 4) is 0 Å². The number of dihydropyridines is 1. The van der Waals surface area contributed by atoms with E-state index in [9.17, 15) is 8.42 Å². The zero-order valence-corrected chi connectivity index (χ0v) is 16.0. The van der Waals surface area contributed by atoms with Crippen LogP contribution < -0.4 is 10.0 Å². The molecule has 1 aromatic rings. The molecule has 0 bridgehead atoms. The van der Waals surface area contributed by atoms with Gasteiger partial charge in [0.2, 0.25) is 10.0 Å². The van der Waals surface area contributed by atoms with Crippen molar-refractivity contribution in [2.45, 2.75) is 25.8 Å². The first kappa shape index (κ1) is 18.2. The van der Waals surface area contributed by atoms with Crippen molar-refractivity contribution in [2.24, 2.45) is 0 Å². The third-order valence-electron chi connectivity index (χ3n) is 4.40. The van der Waals surface area contributed by atoms with Crippen molar-refractivity contribution in [3.63, 3.8) is 0 Å². The smallest absolute Gasteiger partial charge is 0.208 e. The summed E-state index contributed by atoms with van der Waals surface area (Å²) >= 11 is 6.39. The van der Waals surface area contributed by atoms with E-state index >= 15 is 0 Å². The third-order valence-corrected chi connectivity index (χ3v) is 5.50. The Kier molecular flexibility index (Phi) is 5.36. The fourth-order valence-corrected chi connectivity index (χ4v) is 4.17. The molecule has 0 atom stereocenters. The summed E-state index contributed by atoms with van der Waals surface area (Å²) in [5.41, 5.74) is 2.91. The molecule has 2 aliphatic heterocycles. The molecule has 1 aromatic heterocycles. The second kappa shape index (κ2) is 7.35. The number of halogens is 1. The van der Waals surface area contributed by atoms with Crippen molar-refractivity contribution in [1.29, 1.82) is 0 Å². The lowest BCUT2D eigenvalue weighted by Gasteiger charge is -2.36. The van der Waals surface area contributed by atoms with Gasteiger partial charge in [0.15, 0.2) is 0 Å². The molecule has 2 aliphatic rings. The summed E-state index contributed by atoms with van der Waals surface area (Å²) in [6, 6.07) is 4.01. The summed E-state index contributed by atoms with van der Waals surface area (Å²) in [7, 11) is -3.15. The second-order valence-corrected chi connectivity index (χ2v) is 8.81. The van der Waals surface area contributed by atoms with Crippen LogP contribution in [0.15, 0.2) is 35.3 Å². The number of aromatic nitrogens is 1. The Bertz CT molecular complexity index is 794. The number of piperidine rings is 1. The minimum absolute atomic E-state index is 0.00723. The molecule has 3 heterocycles. The maximum atomic E-state index is 11.4. The predicted molar refractivity (Wildman–Crippen MR) is 100 cm³/mol. The van der Waals surface area contributed by atoms with E-state index in [1.54, 1.807) is 0 Å². The van der Waals surface area contributed by atoms with E-state index in [4.69, 9.17) is 11.6 Å². The number of aryl methyl sites for hydroxylation is 1. The second-order valence-electron chi connectivity index (χ2n) is 6.57. The Labute approximate surface area is 154 Å². The zero-order valence-electron chi connectivity index (χ0n) is 14.4. The highest BCUT2D eigenvalue weighted by molar-refractivity contribution is 7.88. The van der Waals surface area contributed by atoms with Crippen molar-refractivity contribution in [1.82, 2.24) is 19.9 Å². The Balaban J connectivity index is 1.71. The number of allylic oxidation sites excluding steroid dienone is 2. The van der Waals surface area contributed by atoms with Gasteiger partial charge in [-0.3, -0.25) is 4.98 Å². The molecule has 0 spiro atoms.